The molecule has 1 amide bonds. The summed E-state index contributed by atoms with van der Waals surface area (Å²) in [5, 5.41) is 0.298. The fraction of sp³-hybridized carbons (Fsp3) is 0.526. The minimum atomic E-state index is -0.628. The minimum Gasteiger partial charge on any atom is -0.444 e. The average molecular weight is 396 g/mol. The molecule has 1 fully saturated rings. The molecule has 0 unspecified atom stereocenters. The highest BCUT2D eigenvalue weighted by Crippen LogP contribution is 2.28. The second kappa shape index (κ2) is 7.11. The lowest BCUT2D eigenvalue weighted by Gasteiger charge is -2.34. The van der Waals surface area contributed by atoms with Crippen LogP contribution in [-0.2, 0) is 11.8 Å². The van der Waals surface area contributed by atoms with Crippen molar-refractivity contribution in [3.8, 4) is 0 Å². The number of ether oxygens (including phenoxy) is 1. The van der Waals surface area contributed by atoms with Crippen LogP contribution >= 0.6 is 11.6 Å². The van der Waals surface area contributed by atoms with Crippen molar-refractivity contribution in [3.05, 3.63) is 39.2 Å². The Morgan fingerprint density at radius 3 is 2.74 bits per heavy atom. The van der Waals surface area contributed by atoms with Crippen LogP contribution in [0.4, 0.5) is 9.18 Å². The third-order valence-electron chi connectivity index (χ3n) is 4.57. The van der Waals surface area contributed by atoms with Gasteiger partial charge in [0.2, 0.25) is 0 Å². The Kier molecular flexibility index (Phi) is 5.16. The number of hydrogen-bond donors (Lipinski definition) is 0. The number of piperidine rings is 1. The van der Waals surface area contributed by atoms with Gasteiger partial charge in [-0.15, -0.1) is 0 Å². The molecule has 0 bridgehead atoms. The van der Waals surface area contributed by atoms with Crippen LogP contribution in [-0.4, -0.2) is 39.2 Å². The second-order valence-corrected chi connectivity index (χ2v) is 8.32. The summed E-state index contributed by atoms with van der Waals surface area (Å²) in [7, 11) is 1.61. The van der Waals surface area contributed by atoms with E-state index in [0.29, 0.717) is 18.9 Å². The molecule has 1 aliphatic rings. The van der Waals surface area contributed by atoms with Crippen molar-refractivity contribution < 1.29 is 13.9 Å². The van der Waals surface area contributed by atoms with E-state index >= 15 is 0 Å². The molecule has 0 N–H and O–H groups in total. The van der Waals surface area contributed by atoms with Crippen LogP contribution in [0.3, 0.4) is 0 Å². The number of nitrogens with zero attached hydrogens (tertiary/aromatic N) is 3. The van der Waals surface area contributed by atoms with E-state index in [1.807, 2.05) is 20.8 Å². The molecular weight excluding hydrogens is 373 g/mol. The van der Waals surface area contributed by atoms with E-state index in [1.54, 1.807) is 11.9 Å². The number of halogens is 2. The normalized spacial score (nSPS) is 18.0. The summed E-state index contributed by atoms with van der Waals surface area (Å²) in [4.78, 5) is 31.1. The predicted molar refractivity (Wildman–Crippen MR) is 102 cm³/mol. The second-order valence-electron chi connectivity index (χ2n) is 7.88. The van der Waals surface area contributed by atoms with Gasteiger partial charge in [0.25, 0.3) is 5.56 Å². The van der Waals surface area contributed by atoms with Crippen LogP contribution in [0, 0.1) is 5.82 Å². The molecule has 146 valence electrons. The van der Waals surface area contributed by atoms with Gasteiger partial charge in [-0.1, -0.05) is 11.6 Å². The Balaban J connectivity index is 1.96. The van der Waals surface area contributed by atoms with Crippen LogP contribution in [0.15, 0.2) is 16.9 Å². The molecule has 1 aromatic heterocycles. The molecule has 27 heavy (non-hydrogen) atoms. The summed E-state index contributed by atoms with van der Waals surface area (Å²) in [6.07, 6.45) is 1.11. The summed E-state index contributed by atoms with van der Waals surface area (Å²) in [5.41, 5.74) is -0.932. The number of amides is 1. The molecule has 3 rings (SSSR count). The highest BCUT2D eigenvalue weighted by molar-refractivity contribution is 6.31. The quantitative estimate of drug-likeness (QED) is 0.735. The number of fused-ring (bicyclic) bond motifs is 1. The van der Waals surface area contributed by atoms with Crippen molar-refractivity contribution in [2.24, 2.45) is 7.05 Å². The Bertz CT molecular complexity index is 952. The number of likely N-dealkylation sites (tertiary alicyclic amines) is 1. The van der Waals surface area contributed by atoms with Gasteiger partial charge in [0.1, 0.15) is 16.9 Å². The molecule has 1 aliphatic heterocycles. The molecule has 1 atom stereocenters. The number of rotatable bonds is 1. The van der Waals surface area contributed by atoms with Gasteiger partial charge in [0.05, 0.1) is 5.39 Å². The lowest BCUT2D eigenvalue weighted by Crippen LogP contribution is -2.43. The van der Waals surface area contributed by atoms with Crippen LogP contribution in [0.25, 0.3) is 10.9 Å². The molecule has 0 radical (unpaired) electrons. The molecule has 0 aliphatic carbocycles. The van der Waals surface area contributed by atoms with Gasteiger partial charge in [-0.25, -0.2) is 14.2 Å². The Labute approximate surface area is 161 Å². The molecule has 0 saturated carbocycles. The topological polar surface area (TPSA) is 64.4 Å². The lowest BCUT2D eigenvalue weighted by atomic mass is 9.97. The zero-order valence-electron chi connectivity index (χ0n) is 15.9. The number of hydrogen-bond acceptors (Lipinski definition) is 4. The zero-order valence-corrected chi connectivity index (χ0v) is 16.6. The first-order valence-electron chi connectivity index (χ1n) is 8.90. The summed E-state index contributed by atoms with van der Waals surface area (Å²) in [6.45, 7) is 6.39. The third kappa shape index (κ3) is 4.08. The lowest BCUT2D eigenvalue weighted by molar-refractivity contribution is 0.0195. The van der Waals surface area contributed by atoms with Gasteiger partial charge in [-0.05, 0) is 45.7 Å². The Hall–Kier alpha value is -2.15. The largest absolute Gasteiger partial charge is 0.444 e. The van der Waals surface area contributed by atoms with E-state index in [4.69, 9.17) is 16.3 Å². The zero-order chi connectivity index (χ0) is 19.9. The summed E-state index contributed by atoms with van der Waals surface area (Å²) < 4.78 is 21.2. The standard InChI is InChI=1S/C19H23ClFN3O3/c1-19(2,3)27-18(26)24-7-5-6-11(10-24)16-22-15-13(17(25)23(16)4)8-12(20)9-14(15)21/h8-9,11H,5-7,10H2,1-4H3/t11-/m1/s1. The molecule has 1 aromatic carbocycles. The van der Waals surface area contributed by atoms with Crippen LogP contribution in [0.2, 0.25) is 5.02 Å². The minimum absolute atomic E-state index is 0.00638. The van der Waals surface area contributed by atoms with Crippen molar-refractivity contribution in [2.45, 2.75) is 45.1 Å². The molecule has 2 aromatic rings. The van der Waals surface area contributed by atoms with E-state index in [2.05, 4.69) is 4.98 Å². The van der Waals surface area contributed by atoms with Crippen LogP contribution < -0.4 is 5.56 Å². The van der Waals surface area contributed by atoms with Gasteiger partial charge in [-0.2, -0.15) is 0 Å². The highest BCUT2D eigenvalue weighted by Gasteiger charge is 2.30. The van der Waals surface area contributed by atoms with Crippen molar-refractivity contribution in [2.75, 3.05) is 13.1 Å². The summed E-state index contributed by atoms with van der Waals surface area (Å²) >= 11 is 5.87. The molecule has 2 heterocycles. The van der Waals surface area contributed by atoms with Gasteiger partial charge in [-0.3, -0.25) is 9.36 Å². The van der Waals surface area contributed by atoms with Crippen molar-refractivity contribution >= 4 is 28.6 Å². The molecule has 6 nitrogen and oxygen atoms in total. The maximum atomic E-state index is 14.3. The SMILES string of the molecule is Cn1c([C@@H]2CCCN(C(=O)OC(C)(C)C)C2)nc2c(F)cc(Cl)cc2c1=O. The van der Waals surface area contributed by atoms with E-state index < -0.39 is 17.5 Å². The fourth-order valence-electron chi connectivity index (χ4n) is 3.36. The maximum absolute atomic E-state index is 14.3. The number of benzene rings is 1. The Morgan fingerprint density at radius 2 is 2.07 bits per heavy atom. The van der Waals surface area contributed by atoms with Crippen molar-refractivity contribution in [1.82, 2.24) is 14.5 Å². The van der Waals surface area contributed by atoms with Gasteiger partial charge in [0.15, 0.2) is 5.82 Å². The molecule has 0 spiro atoms. The van der Waals surface area contributed by atoms with E-state index in [-0.39, 0.29) is 27.4 Å². The van der Waals surface area contributed by atoms with E-state index in [0.717, 1.165) is 18.9 Å². The number of aromatic nitrogens is 2. The third-order valence-corrected chi connectivity index (χ3v) is 4.79. The first kappa shape index (κ1) is 19.6. The number of carbonyl (C=O) groups excluding carboxylic acids is 1. The van der Waals surface area contributed by atoms with Crippen LogP contribution in [0.5, 0.6) is 0 Å². The van der Waals surface area contributed by atoms with Gasteiger partial charge < -0.3 is 9.64 Å². The van der Waals surface area contributed by atoms with Gasteiger partial charge >= 0.3 is 6.09 Å². The van der Waals surface area contributed by atoms with Gasteiger partial charge in [0, 0.05) is 31.1 Å². The average Bonchev–Trinajstić information content (AvgIpc) is 2.57. The van der Waals surface area contributed by atoms with E-state index in [9.17, 15) is 14.0 Å². The Morgan fingerprint density at radius 1 is 1.37 bits per heavy atom. The van der Waals surface area contributed by atoms with Crippen molar-refractivity contribution in [1.29, 1.82) is 0 Å². The first-order valence-corrected chi connectivity index (χ1v) is 9.28. The van der Waals surface area contributed by atoms with E-state index in [1.165, 1.54) is 10.6 Å². The highest BCUT2D eigenvalue weighted by atomic mass is 35.5. The maximum Gasteiger partial charge on any atom is 0.410 e. The molecule has 8 heteroatoms. The number of carbonyl (C=O) groups is 1. The van der Waals surface area contributed by atoms with Crippen LogP contribution in [0.1, 0.15) is 45.4 Å². The smallest absolute Gasteiger partial charge is 0.410 e. The molecule has 1 saturated heterocycles. The fourth-order valence-corrected chi connectivity index (χ4v) is 3.57. The predicted octanol–water partition coefficient (Wildman–Crippen LogP) is 3.84. The van der Waals surface area contributed by atoms with Crippen molar-refractivity contribution in [3.63, 3.8) is 0 Å². The summed E-state index contributed by atoms with van der Waals surface area (Å²) in [5.74, 6) is -0.346. The first-order chi connectivity index (χ1) is 12.6. The monoisotopic (exact) mass is 395 g/mol. The summed E-state index contributed by atoms with van der Waals surface area (Å²) in [6, 6.07) is 2.57. The molecular formula is C19H23ClFN3O3.